The van der Waals surface area contributed by atoms with Gasteiger partial charge in [-0.1, -0.05) is 15.9 Å². The number of halogens is 1. The van der Waals surface area contributed by atoms with Crippen LogP contribution in [0, 0.1) is 0 Å². The van der Waals surface area contributed by atoms with E-state index in [1.54, 1.807) is 37.6 Å². The highest BCUT2D eigenvalue weighted by molar-refractivity contribution is 9.08. The second kappa shape index (κ2) is 6.00. The molecule has 0 radical (unpaired) electrons. The van der Waals surface area contributed by atoms with E-state index >= 15 is 0 Å². The van der Waals surface area contributed by atoms with Crippen LogP contribution in [0.2, 0.25) is 0 Å². The highest BCUT2D eigenvalue weighted by atomic mass is 79.9. The Balaban J connectivity index is 2.23. The van der Waals surface area contributed by atoms with Crippen molar-refractivity contribution in [3.05, 3.63) is 46.7 Å². The van der Waals surface area contributed by atoms with Crippen LogP contribution in [0.5, 0.6) is 0 Å². The van der Waals surface area contributed by atoms with Crippen molar-refractivity contribution in [2.45, 2.75) is 12.3 Å². The summed E-state index contributed by atoms with van der Waals surface area (Å²) in [7, 11) is 1.70. The third kappa shape index (κ3) is 2.92. The van der Waals surface area contributed by atoms with Gasteiger partial charge in [0.2, 0.25) is 5.91 Å². The Kier molecular flexibility index (Phi) is 4.04. The molecule has 0 aliphatic rings. The fraction of sp³-hybridized carbons (Fsp3) is 0.188. The maximum Gasteiger partial charge on any atom is 0.261 e. The normalized spacial score (nSPS) is 10.9. The third-order valence-corrected chi connectivity index (χ3v) is 3.96. The first-order chi connectivity index (χ1) is 11.0. The van der Waals surface area contributed by atoms with Crippen molar-refractivity contribution in [1.29, 1.82) is 0 Å². The molecule has 0 bridgehead atoms. The minimum Gasteiger partial charge on any atom is -0.459 e. The summed E-state index contributed by atoms with van der Waals surface area (Å²) in [6.07, 6.45) is 3.32. The maximum absolute atomic E-state index is 12.3. The number of pyridine rings is 2. The third-order valence-electron chi connectivity index (χ3n) is 3.41. The van der Waals surface area contributed by atoms with E-state index in [0.717, 1.165) is 11.1 Å². The Labute approximate surface area is 140 Å². The van der Waals surface area contributed by atoms with Gasteiger partial charge in [0.1, 0.15) is 17.2 Å². The topological polar surface area (TPSA) is 77.1 Å². The molecule has 0 aliphatic carbocycles. The fourth-order valence-corrected chi connectivity index (χ4v) is 2.70. The average Bonchev–Trinajstić information content (AvgIpc) is 2.95. The van der Waals surface area contributed by atoms with E-state index in [1.165, 1.54) is 11.5 Å². The summed E-state index contributed by atoms with van der Waals surface area (Å²) in [4.78, 5) is 27.6. The number of nitrogens with one attached hydrogen (secondary N) is 1. The molecule has 6 nitrogen and oxygen atoms in total. The van der Waals surface area contributed by atoms with Crippen molar-refractivity contribution in [2.24, 2.45) is 7.05 Å². The molecule has 3 aromatic heterocycles. The summed E-state index contributed by atoms with van der Waals surface area (Å²) in [5, 5.41) is 3.70. The van der Waals surface area contributed by atoms with Gasteiger partial charge in [-0.2, -0.15) is 0 Å². The maximum atomic E-state index is 12.3. The molecule has 23 heavy (non-hydrogen) atoms. The number of carbonyl (C=O) groups excluding carboxylic acids is 1. The molecule has 0 aromatic carbocycles. The zero-order chi connectivity index (χ0) is 16.6. The number of hydrogen-bond acceptors (Lipinski definition) is 4. The lowest BCUT2D eigenvalue weighted by atomic mass is 10.1. The summed E-state index contributed by atoms with van der Waals surface area (Å²) in [5.41, 5.74) is 1.99. The van der Waals surface area contributed by atoms with Crippen molar-refractivity contribution in [2.75, 3.05) is 5.32 Å². The molecule has 0 fully saturated rings. The molecule has 0 spiro atoms. The first-order valence-corrected chi connectivity index (χ1v) is 8.03. The van der Waals surface area contributed by atoms with Crippen molar-refractivity contribution in [3.63, 3.8) is 0 Å². The SMILES string of the molecule is CC(=O)Nc1cc(-c2cn(C)c(=O)c3cc(CBr)oc23)ccn1. The lowest BCUT2D eigenvalue weighted by Gasteiger charge is -2.07. The van der Waals surface area contributed by atoms with Crippen LogP contribution in [0.4, 0.5) is 5.82 Å². The Bertz CT molecular complexity index is 959. The molecule has 3 rings (SSSR count). The molecule has 0 saturated carbocycles. The molecule has 7 heteroatoms. The van der Waals surface area contributed by atoms with E-state index in [0.29, 0.717) is 27.9 Å². The zero-order valence-electron chi connectivity index (χ0n) is 12.6. The van der Waals surface area contributed by atoms with Gasteiger partial charge in [-0.25, -0.2) is 4.98 Å². The highest BCUT2D eigenvalue weighted by Gasteiger charge is 2.15. The van der Waals surface area contributed by atoms with Crippen LogP contribution >= 0.6 is 15.9 Å². The summed E-state index contributed by atoms with van der Waals surface area (Å²) in [6.45, 7) is 1.42. The number of rotatable bonds is 3. The molecule has 118 valence electrons. The smallest absolute Gasteiger partial charge is 0.261 e. The van der Waals surface area contributed by atoms with Gasteiger partial charge in [-0.3, -0.25) is 9.59 Å². The minimum absolute atomic E-state index is 0.115. The van der Waals surface area contributed by atoms with Crippen LogP contribution in [0.15, 0.2) is 39.8 Å². The van der Waals surface area contributed by atoms with Gasteiger partial charge in [0.15, 0.2) is 0 Å². The molecule has 0 aliphatic heterocycles. The molecule has 1 amide bonds. The summed E-state index contributed by atoms with van der Waals surface area (Å²) in [5.74, 6) is 0.935. The van der Waals surface area contributed by atoms with Crippen LogP contribution < -0.4 is 10.9 Å². The lowest BCUT2D eigenvalue weighted by Crippen LogP contribution is -2.15. The number of carbonyl (C=O) groups is 1. The van der Waals surface area contributed by atoms with E-state index in [4.69, 9.17) is 4.42 Å². The number of aromatic nitrogens is 2. The molecule has 1 N–H and O–H groups in total. The van der Waals surface area contributed by atoms with E-state index in [-0.39, 0.29) is 11.5 Å². The van der Waals surface area contributed by atoms with Crippen LogP contribution in [-0.2, 0) is 17.2 Å². The number of nitrogens with zero attached hydrogens (tertiary/aromatic N) is 2. The molecular formula is C16H14BrN3O3. The van der Waals surface area contributed by atoms with Gasteiger partial charge in [-0.15, -0.1) is 0 Å². The van der Waals surface area contributed by atoms with Crippen LogP contribution in [0.1, 0.15) is 12.7 Å². The first-order valence-electron chi connectivity index (χ1n) is 6.91. The second-order valence-corrected chi connectivity index (χ2v) is 5.72. The molecule has 0 unspecified atom stereocenters. The predicted octanol–water partition coefficient (Wildman–Crippen LogP) is 3.05. The van der Waals surface area contributed by atoms with Gasteiger partial charge in [-0.05, 0) is 23.8 Å². The Morgan fingerprint density at radius 1 is 1.43 bits per heavy atom. The van der Waals surface area contributed by atoms with Crippen molar-refractivity contribution in [1.82, 2.24) is 9.55 Å². The molecular weight excluding hydrogens is 362 g/mol. The van der Waals surface area contributed by atoms with Gasteiger partial charge in [0.25, 0.3) is 5.56 Å². The minimum atomic E-state index is -0.195. The number of hydrogen-bond donors (Lipinski definition) is 1. The number of aryl methyl sites for hydroxylation is 1. The summed E-state index contributed by atoms with van der Waals surface area (Å²) in [6, 6.07) is 5.30. The van der Waals surface area contributed by atoms with E-state index in [2.05, 4.69) is 26.2 Å². The number of anilines is 1. The van der Waals surface area contributed by atoms with Crippen molar-refractivity contribution < 1.29 is 9.21 Å². The Morgan fingerprint density at radius 2 is 2.22 bits per heavy atom. The van der Waals surface area contributed by atoms with Crippen LogP contribution in [0.3, 0.4) is 0 Å². The van der Waals surface area contributed by atoms with Gasteiger partial charge in [0, 0.05) is 31.9 Å². The van der Waals surface area contributed by atoms with Crippen molar-refractivity contribution >= 4 is 38.6 Å². The molecule has 0 atom stereocenters. The summed E-state index contributed by atoms with van der Waals surface area (Å²) < 4.78 is 7.31. The average molecular weight is 376 g/mol. The number of furan rings is 1. The standard InChI is InChI=1S/C16H14BrN3O3/c1-9(21)19-14-5-10(3-4-18-14)13-8-20(2)16(22)12-6-11(7-17)23-15(12)13/h3-6,8H,7H2,1-2H3,(H,18,19,21). The molecule has 3 aromatic rings. The van der Waals surface area contributed by atoms with Crippen LogP contribution in [0.25, 0.3) is 22.1 Å². The zero-order valence-corrected chi connectivity index (χ0v) is 14.2. The number of alkyl halides is 1. The fourth-order valence-electron chi connectivity index (χ4n) is 2.42. The van der Waals surface area contributed by atoms with Gasteiger partial charge in [0.05, 0.1) is 10.7 Å². The number of fused-ring (bicyclic) bond motifs is 1. The monoisotopic (exact) mass is 375 g/mol. The van der Waals surface area contributed by atoms with Gasteiger partial charge >= 0.3 is 0 Å². The second-order valence-electron chi connectivity index (χ2n) is 5.16. The lowest BCUT2D eigenvalue weighted by molar-refractivity contribution is -0.114. The first kappa shape index (κ1) is 15.5. The summed E-state index contributed by atoms with van der Waals surface area (Å²) >= 11 is 3.34. The van der Waals surface area contributed by atoms with E-state index < -0.39 is 0 Å². The van der Waals surface area contributed by atoms with Crippen LogP contribution in [-0.4, -0.2) is 15.5 Å². The number of amides is 1. The highest BCUT2D eigenvalue weighted by Crippen LogP contribution is 2.30. The Hall–Kier alpha value is -2.41. The van der Waals surface area contributed by atoms with Gasteiger partial charge < -0.3 is 14.3 Å². The molecule has 0 saturated heterocycles. The Morgan fingerprint density at radius 3 is 2.91 bits per heavy atom. The quantitative estimate of drug-likeness (QED) is 0.713. The largest absolute Gasteiger partial charge is 0.459 e. The van der Waals surface area contributed by atoms with E-state index in [1.807, 2.05) is 0 Å². The molecule has 3 heterocycles. The van der Waals surface area contributed by atoms with Crippen molar-refractivity contribution in [3.8, 4) is 11.1 Å². The predicted molar refractivity (Wildman–Crippen MR) is 91.6 cm³/mol. The van der Waals surface area contributed by atoms with E-state index in [9.17, 15) is 9.59 Å².